The molecule has 16 heteroatoms. The van der Waals surface area contributed by atoms with Crippen molar-refractivity contribution in [2.24, 2.45) is 0 Å². The van der Waals surface area contributed by atoms with Crippen molar-refractivity contribution in [3.05, 3.63) is 87.7 Å². The third-order valence-electron chi connectivity index (χ3n) is 7.18. The summed E-state index contributed by atoms with van der Waals surface area (Å²) in [5, 5.41) is 0.317. The van der Waals surface area contributed by atoms with Crippen LogP contribution in [0.4, 0.5) is 48.7 Å². The topological polar surface area (TPSA) is 52.1 Å². The maximum Gasteiger partial charge on any atom is 0.416 e. The minimum absolute atomic E-state index is 0. The SMILES string of the molecule is COc1cc(F)c(C(C)C)cc1-c1ccc(C(F)(F)F)cc1C[NH2+][C@@H](C)[C@H](OC(=O)SC)c1cc(C(F)(F)F)cc(C(F)(F)F)c1.[Cl-]. The second-order valence-corrected chi connectivity index (χ2v) is 11.5. The second kappa shape index (κ2) is 15.4. The Morgan fingerprint density at radius 1 is 0.809 bits per heavy atom. The summed E-state index contributed by atoms with van der Waals surface area (Å²) in [6.07, 6.45) is -15.5. The summed E-state index contributed by atoms with van der Waals surface area (Å²) in [5.41, 5.74) is -4.13. The predicted molar refractivity (Wildman–Crippen MR) is 152 cm³/mol. The molecule has 3 aromatic rings. The number of nitrogens with two attached hydrogens (primary N) is 1. The zero-order chi connectivity index (χ0) is 34.8. The highest BCUT2D eigenvalue weighted by Gasteiger charge is 2.39. The van der Waals surface area contributed by atoms with Crippen LogP contribution in [0, 0.1) is 5.82 Å². The van der Waals surface area contributed by atoms with Gasteiger partial charge in [0.1, 0.15) is 24.2 Å². The Hall–Kier alpha value is -3.17. The Morgan fingerprint density at radius 3 is 1.83 bits per heavy atom. The van der Waals surface area contributed by atoms with Crippen molar-refractivity contribution in [3.63, 3.8) is 0 Å². The second-order valence-electron chi connectivity index (χ2n) is 10.7. The molecular formula is C31H30ClF10NO3S. The summed E-state index contributed by atoms with van der Waals surface area (Å²) in [7, 11) is 1.25. The number of carbonyl (C=O) groups excluding carboxylic acids is 1. The lowest BCUT2D eigenvalue weighted by atomic mass is 9.92. The number of hydrogen-bond donors (Lipinski definition) is 1. The van der Waals surface area contributed by atoms with Crippen LogP contribution < -0.4 is 22.5 Å². The number of halogens is 11. The molecule has 0 amide bonds. The summed E-state index contributed by atoms with van der Waals surface area (Å²) in [5.74, 6) is -0.886. The molecule has 4 nitrogen and oxygen atoms in total. The summed E-state index contributed by atoms with van der Waals surface area (Å²) in [4.78, 5) is 12.2. The quantitative estimate of drug-likeness (QED) is 0.206. The zero-order valence-electron chi connectivity index (χ0n) is 25.4. The van der Waals surface area contributed by atoms with Gasteiger partial charge in [0.2, 0.25) is 0 Å². The molecule has 2 N–H and O–H groups in total. The van der Waals surface area contributed by atoms with Gasteiger partial charge >= 0.3 is 23.8 Å². The number of quaternary nitrogens is 1. The largest absolute Gasteiger partial charge is 1.00 e. The highest BCUT2D eigenvalue weighted by molar-refractivity contribution is 8.12. The molecular weight excluding hydrogens is 692 g/mol. The lowest BCUT2D eigenvalue weighted by Gasteiger charge is -2.25. The lowest BCUT2D eigenvalue weighted by Crippen LogP contribution is -3.00. The van der Waals surface area contributed by atoms with Crippen LogP contribution in [0.15, 0.2) is 48.5 Å². The Labute approximate surface area is 274 Å². The van der Waals surface area contributed by atoms with E-state index in [9.17, 15) is 48.7 Å². The van der Waals surface area contributed by atoms with Gasteiger partial charge in [0.05, 0.1) is 23.8 Å². The van der Waals surface area contributed by atoms with E-state index < -0.39 is 64.0 Å². The molecule has 0 bridgehead atoms. The third kappa shape index (κ3) is 9.92. The van der Waals surface area contributed by atoms with Crippen molar-refractivity contribution in [3.8, 4) is 16.9 Å². The minimum Gasteiger partial charge on any atom is -1.00 e. The van der Waals surface area contributed by atoms with Gasteiger partial charge < -0.3 is 27.2 Å². The molecule has 0 aliphatic carbocycles. The van der Waals surface area contributed by atoms with Gasteiger partial charge in [0.25, 0.3) is 0 Å². The fourth-order valence-electron chi connectivity index (χ4n) is 4.81. The number of benzene rings is 3. The molecule has 0 heterocycles. The Bertz CT molecular complexity index is 1530. The van der Waals surface area contributed by atoms with Crippen LogP contribution >= 0.6 is 11.8 Å². The average molecular weight is 722 g/mol. The summed E-state index contributed by atoms with van der Waals surface area (Å²) >= 11 is 0.523. The molecule has 0 aliphatic heterocycles. The van der Waals surface area contributed by atoms with E-state index in [2.05, 4.69) is 0 Å². The van der Waals surface area contributed by atoms with Crippen LogP contribution in [-0.4, -0.2) is 24.7 Å². The maximum atomic E-state index is 14.7. The van der Waals surface area contributed by atoms with E-state index in [1.54, 1.807) is 13.8 Å². The average Bonchev–Trinajstić information content (AvgIpc) is 2.96. The molecule has 0 aromatic heterocycles. The molecule has 2 atom stereocenters. The van der Waals surface area contributed by atoms with Crippen molar-refractivity contribution >= 4 is 17.1 Å². The number of thioether (sulfide) groups is 1. The third-order valence-corrected chi connectivity index (χ3v) is 7.61. The van der Waals surface area contributed by atoms with Crippen molar-refractivity contribution < 1.29 is 75.9 Å². The van der Waals surface area contributed by atoms with Crippen LogP contribution in [0.2, 0.25) is 0 Å². The molecule has 3 aromatic carbocycles. The predicted octanol–water partition coefficient (Wildman–Crippen LogP) is 6.38. The maximum absolute atomic E-state index is 14.7. The lowest BCUT2D eigenvalue weighted by molar-refractivity contribution is -0.708. The monoisotopic (exact) mass is 721 g/mol. The number of carbonyl (C=O) groups is 1. The van der Waals surface area contributed by atoms with Gasteiger partial charge in [0.15, 0.2) is 6.10 Å². The van der Waals surface area contributed by atoms with Crippen molar-refractivity contribution in [2.45, 2.75) is 63.9 Å². The first kappa shape index (κ1) is 40.0. The minimum atomic E-state index is -5.17. The van der Waals surface area contributed by atoms with E-state index in [0.29, 0.717) is 23.9 Å². The molecule has 47 heavy (non-hydrogen) atoms. The van der Waals surface area contributed by atoms with Gasteiger partial charge in [-0.05, 0) is 83.9 Å². The Balaban J connectivity index is 0.00000768. The number of ether oxygens (including phenoxy) is 2. The molecule has 0 unspecified atom stereocenters. The van der Waals surface area contributed by atoms with Crippen LogP contribution in [0.5, 0.6) is 5.75 Å². The molecule has 0 fully saturated rings. The normalized spacial score (nSPS) is 13.6. The van der Waals surface area contributed by atoms with E-state index in [1.807, 2.05) is 0 Å². The van der Waals surface area contributed by atoms with Gasteiger partial charge in [-0.2, -0.15) is 39.5 Å². The molecule has 0 saturated carbocycles. The van der Waals surface area contributed by atoms with Gasteiger partial charge in [-0.3, -0.25) is 0 Å². The number of alkyl halides is 9. The van der Waals surface area contributed by atoms with Crippen molar-refractivity contribution in [1.82, 2.24) is 0 Å². The Kier molecular flexibility index (Phi) is 13.1. The van der Waals surface area contributed by atoms with Crippen molar-refractivity contribution in [2.75, 3.05) is 13.4 Å². The van der Waals surface area contributed by atoms with Crippen LogP contribution in [0.3, 0.4) is 0 Å². The summed E-state index contributed by atoms with van der Waals surface area (Å²) < 4.78 is 148. The number of methoxy groups -OCH3 is 1. The molecule has 0 aliphatic rings. The number of rotatable bonds is 9. The van der Waals surface area contributed by atoms with Crippen molar-refractivity contribution in [1.29, 1.82) is 0 Å². The highest BCUT2D eigenvalue weighted by Crippen LogP contribution is 2.40. The summed E-state index contributed by atoms with van der Waals surface area (Å²) in [6.45, 7) is 4.46. The van der Waals surface area contributed by atoms with E-state index >= 15 is 0 Å². The molecule has 0 radical (unpaired) electrons. The smallest absolute Gasteiger partial charge is 0.416 e. The number of hydrogen-bond acceptors (Lipinski definition) is 4. The molecule has 0 spiro atoms. The Morgan fingerprint density at radius 2 is 1.36 bits per heavy atom. The standard InChI is InChI=1S/C31H29F10NO3S.ClH/c1-15(2)23-12-24(26(44-4)13-25(23)32)22-7-6-19(29(33,34)35)10-18(22)14-42-16(3)27(45-28(43)46-5)17-8-20(30(36,37)38)11-21(9-17)31(39,40)41;/h6-13,15-16,27,42H,14H2,1-5H3;1H/t16-,27-;/m0./s1. The van der Waals surface area contributed by atoms with Crippen LogP contribution in [0.25, 0.3) is 11.1 Å². The van der Waals surface area contributed by atoms with E-state index in [0.717, 1.165) is 18.2 Å². The molecule has 260 valence electrons. The van der Waals surface area contributed by atoms with Gasteiger partial charge in [-0.1, -0.05) is 19.9 Å². The first-order valence-electron chi connectivity index (χ1n) is 13.6. The highest BCUT2D eigenvalue weighted by atomic mass is 35.5. The first-order chi connectivity index (χ1) is 21.2. The fraction of sp³-hybridized carbons (Fsp3) is 0.387. The fourth-order valence-corrected chi connectivity index (χ4v) is 5.01. The van der Waals surface area contributed by atoms with Gasteiger partial charge in [-0.25, -0.2) is 9.18 Å². The van der Waals surface area contributed by atoms with Gasteiger partial charge in [-0.15, -0.1) is 0 Å². The van der Waals surface area contributed by atoms with Crippen LogP contribution in [-0.2, 0) is 29.8 Å². The van der Waals surface area contributed by atoms with Crippen LogP contribution in [0.1, 0.15) is 66.2 Å². The van der Waals surface area contributed by atoms with Gasteiger partial charge in [0, 0.05) is 17.2 Å². The van der Waals surface area contributed by atoms with E-state index in [4.69, 9.17) is 9.47 Å². The molecule has 0 saturated heterocycles. The molecule has 3 rings (SSSR count). The summed E-state index contributed by atoms with van der Waals surface area (Å²) in [6, 6.07) is 5.07. The zero-order valence-corrected chi connectivity index (χ0v) is 27.0. The first-order valence-corrected chi connectivity index (χ1v) is 14.8. The van der Waals surface area contributed by atoms with E-state index in [1.165, 1.54) is 37.7 Å². The van der Waals surface area contributed by atoms with E-state index in [-0.39, 0.29) is 58.9 Å².